The van der Waals surface area contributed by atoms with Gasteiger partial charge in [-0.2, -0.15) is 18.2 Å². The normalized spacial score (nSPS) is 11.1. The maximum absolute atomic E-state index is 12.4. The van der Waals surface area contributed by atoms with Gasteiger partial charge in [0.15, 0.2) is 9.96 Å². The molecule has 0 fully saturated rings. The summed E-state index contributed by atoms with van der Waals surface area (Å²) in [5, 5.41) is 5.53. The second-order valence-electron chi connectivity index (χ2n) is 5.13. The molecule has 8 nitrogen and oxygen atoms in total. The Hall–Kier alpha value is -2.98. The Labute approximate surface area is 158 Å². The van der Waals surface area contributed by atoms with Gasteiger partial charge >= 0.3 is 16.1 Å². The first kappa shape index (κ1) is 18.8. The maximum atomic E-state index is 12.4. The fraction of sp³-hybridized carbons (Fsp3) is 0.118. The highest BCUT2D eigenvalue weighted by atomic mass is 32.3. The van der Waals surface area contributed by atoms with Crippen molar-refractivity contribution in [1.82, 2.24) is 9.78 Å². The summed E-state index contributed by atoms with van der Waals surface area (Å²) < 4.78 is 35.6. The van der Waals surface area contributed by atoms with Crippen molar-refractivity contribution in [2.24, 2.45) is 0 Å². The number of hydrogen-bond donors (Lipinski definition) is 0. The van der Waals surface area contributed by atoms with Crippen LogP contribution in [0.1, 0.15) is 17.4 Å². The summed E-state index contributed by atoms with van der Waals surface area (Å²) in [7, 11) is -4.21. The molecule has 0 aliphatic rings. The lowest BCUT2D eigenvalue weighted by Gasteiger charge is -2.11. The van der Waals surface area contributed by atoms with Crippen molar-refractivity contribution in [1.29, 1.82) is 0 Å². The van der Waals surface area contributed by atoms with E-state index >= 15 is 0 Å². The molecule has 0 bridgehead atoms. The summed E-state index contributed by atoms with van der Waals surface area (Å²) in [6, 6.07) is 12.2. The molecular formula is C17H14N2O6S2. The van der Waals surface area contributed by atoms with E-state index in [1.54, 1.807) is 48.7 Å². The summed E-state index contributed by atoms with van der Waals surface area (Å²) in [6.45, 7) is 1.64. The van der Waals surface area contributed by atoms with Crippen molar-refractivity contribution in [3.05, 3.63) is 70.0 Å². The summed E-state index contributed by atoms with van der Waals surface area (Å²) in [6.07, 6.45) is 0. The van der Waals surface area contributed by atoms with E-state index in [4.69, 9.17) is 8.92 Å². The van der Waals surface area contributed by atoms with Crippen molar-refractivity contribution >= 4 is 27.4 Å². The lowest BCUT2D eigenvalue weighted by atomic mass is 10.3. The van der Waals surface area contributed by atoms with Crippen LogP contribution in [0, 0.1) is 0 Å². The highest BCUT2D eigenvalue weighted by Crippen LogP contribution is 2.24. The number of esters is 1. The van der Waals surface area contributed by atoms with Crippen LogP contribution in [0.15, 0.2) is 62.9 Å². The van der Waals surface area contributed by atoms with E-state index in [9.17, 15) is 18.0 Å². The zero-order valence-electron chi connectivity index (χ0n) is 14.1. The molecular weight excluding hydrogens is 392 g/mol. The predicted molar refractivity (Wildman–Crippen MR) is 97.9 cm³/mol. The second kappa shape index (κ2) is 7.72. The Morgan fingerprint density at radius 3 is 2.56 bits per heavy atom. The third-order valence-corrected chi connectivity index (χ3v) is 5.90. The van der Waals surface area contributed by atoms with Gasteiger partial charge in [0.05, 0.1) is 18.4 Å². The molecule has 1 aromatic carbocycles. The van der Waals surface area contributed by atoms with E-state index in [0.717, 1.165) is 22.1 Å². The van der Waals surface area contributed by atoms with Gasteiger partial charge in [-0.3, -0.25) is 4.79 Å². The summed E-state index contributed by atoms with van der Waals surface area (Å²) in [5.41, 5.74) is -0.674. The van der Waals surface area contributed by atoms with Crippen LogP contribution in [0.25, 0.3) is 5.69 Å². The van der Waals surface area contributed by atoms with Gasteiger partial charge in [0, 0.05) is 0 Å². The van der Waals surface area contributed by atoms with Crippen molar-refractivity contribution in [3.63, 3.8) is 0 Å². The SMILES string of the molecule is CCOC(=O)c1nn(-c2ccccc2)c(=O)cc1OS(=O)(=O)c1cccs1. The quantitative estimate of drug-likeness (QED) is 0.457. The van der Waals surface area contributed by atoms with Gasteiger partial charge in [0.25, 0.3) is 5.56 Å². The van der Waals surface area contributed by atoms with E-state index in [-0.39, 0.29) is 10.8 Å². The summed E-state index contributed by atoms with van der Waals surface area (Å²) in [5.74, 6) is -1.39. The third kappa shape index (κ3) is 4.07. The molecule has 0 amide bonds. The highest BCUT2D eigenvalue weighted by Gasteiger charge is 2.26. The summed E-state index contributed by atoms with van der Waals surface area (Å²) in [4.78, 5) is 24.7. The molecule has 0 saturated heterocycles. The molecule has 10 heteroatoms. The molecule has 0 N–H and O–H groups in total. The number of carbonyl (C=O) groups excluding carboxylic acids is 1. The van der Waals surface area contributed by atoms with Crippen molar-refractivity contribution in [3.8, 4) is 11.4 Å². The Bertz CT molecular complexity index is 1110. The lowest BCUT2D eigenvalue weighted by molar-refractivity contribution is 0.0515. The van der Waals surface area contributed by atoms with Crippen LogP contribution in [-0.2, 0) is 14.9 Å². The minimum atomic E-state index is -4.21. The Morgan fingerprint density at radius 1 is 1.19 bits per heavy atom. The molecule has 0 radical (unpaired) electrons. The number of hydrogen-bond acceptors (Lipinski definition) is 8. The van der Waals surface area contributed by atoms with Crippen molar-refractivity contribution in [2.75, 3.05) is 6.61 Å². The molecule has 0 aliphatic carbocycles. The van der Waals surface area contributed by atoms with Gasteiger partial charge in [-0.15, -0.1) is 11.3 Å². The zero-order valence-corrected chi connectivity index (χ0v) is 15.7. The number of ether oxygens (including phenoxy) is 1. The Morgan fingerprint density at radius 2 is 1.93 bits per heavy atom. The van der Waals surface area contributed by atoms with Gasteiger partial charge in [0.2, 0.25) is 5.69 Å². The minimum Gasteiger partial charge on any atom is -0.461 e. The monoisotopic (exact) mass is 406 g/mol. The molecule has 0 unspecified atom stereocenters. The van der Waals surface area contributed by atoms with Crippen LogP contribution in [0.3, 0.4) is 0 Å². The number of thiophene rings is 1. The first-order chi connectivity index (χ1) is 12.9. The first-order valence-electron chi connectivity index (χ1n) is 7.77. The van der Waals surface area contributed by atoms with Crippen LogP contribution >= 0.6 is 11.3 Å². The number of rotatable bonds is 6. The molecule has 0 atom stereocenters. The molecule has 3 rings (SSSR count). The molecule has 0 aliphatic heterocycles. The van der Waals surface area contributed by atoms with Crippen LogP contribution in [0.5, 0.6) is 5.75 Å². The Kier molecular flexibility index (Phi) is 5.38. The minimum absolute atomic E-state index is 0.0437. The maximum Gasteiger partial charge on any atom is 0.362 e. The van der Waals surface area contributed by atoms with Crippen LogP contribution in [0.2, 0.25) is 0 Å². The van der Waals surface area contributed by atoms with E-state index in [1.165, 1.54) is 6.07 Å². The third-order valence-electron chi connectivity index (χ3n) is 3.31. The van der Waals surface area contributed by atoms with Gasteiger partial charge in [-0.05, 0) is 30.5 Å². The number of benzene rings is 1. The fourth-order valence-electron chi connectivity index (χ4n) is 2.16. The number of nitrogens with zero attached hydrogens (tertiary/aromatic N) is 2. The summed E-state index contributed by atoms with van der Waals surface area (Å²) >= 11 is 0.945. The largest absolute Gasteiger partial charge is 0.461 e. The zero-order chi connectivity index (χ0) is 19.4. The van der Waals surface area contributed by atoms with E-state index < -0.39 is 33.1 Å². The number of para-hydroxylation sites is 1. The fourth-order valence-corrected chi connectivity index (χ4v) is 4.04. The topological polar surface area (TPSA) is 105 Å². The van der Waals surface area contributed by atoms with Crippen molar-refractivity contribution in [2.45, 2.75) is 11.1 Å². The molecule has 0 spiro atoms. The lowest BCUT2D eigenvalue weighted by Crippen LogP contribution is -2.26. The van der Waals surface area contributed by atoms with Gasteiger partial charge in [0.1, 0.15) is 0 Å². The molecule has 27 heavy (non-hydrogen) atoms. The standard InChI is InChI=1S/C17H14N2O6S2/c1-2-24-17(21)16-13(25-27(22,23)15-9-6-10-26-15)11-14(20)19(18-16)12-7-4-3-5-8-12/h3-11H,2H2,1H3. The average molecular weight is 406 g/mol. The highest BCUT2D eigenvalue weighted by molar-refractivity contribution is 7.89. The van der Waals surface area contributed by atoms with E-state index in [2.05, 4.69) is 5.10 Å². The van der Waals surface area contributed by atoms with Gasteiger partial charge < -0.3 is 8.92 Å². The van der Waals surface area contributed by atoms with Crippen LogP contribution in [-0.4, -0.2) is 30.8 Å². The van der Waals surface area contributed by atoms with Crippen LogP contribution in [0.4, 0.5) is 0 Å². The molecule has 0 saturated carbocycles. The smallest absolute Gasteiger partial charge is 0.362 e. The number of aromatic nitrogens is 2. The van der Waals surface area contributed by atoms with E-state index in [1.807, 2.05) is 0 Å². The van der Waals surface area contributed by atoms with Crippen molar-refractivity contribution < 1.29 is 22.1 Å². The number of carbonyl (C=O) groups is 1. The average Bonchev–Trinajstić information content (AvgIpc) is 3.18. The van der Waals surface area contributed by atoms with Crippen LogP contribution < -0.4 is 9.74 Å². The first-order valence-corrected chi connectivity index (χ1v) is 10.1. The predicted octanol–water partition coefficient (Wildman–Crippen LogP) is 2.24. The Balaban J connectivity index is 2.12. The molecule has 2 heterocycles. The molecule has 140 valence electrons. The molecule has 2 aromatic heterocycles. The van der Waals surface area contributed by atoms with Gasteiger partial charge in [-0.25, -0.2) is 4.79 Å². The second-order valence-corrected chi connectivity index (χ2v) is 7.85. The van der Waals surface area contributed by atoms with E-state index in [0.29, 0.717) is 5.69 Å². The van der Waals surface area contributed by atoms with Gasteiger partial charge in [-0.1, -0.05) is 24.3 Å². The molecule has 3 aromatic rings.